The fourth-order valence-corrected chi connectivity index (χ4v) is 3.47. The maximum atomic E-state index is 12.0. The number of nitrogen functional groups attached to an aromatic ring is 1. The minimum absolute atomic E-state index is 0.0152. The van der Waals surface area contributed by atoms with Gasteiger partial charge in [0, 0.05) is 12.1 Å². The van der Waals surface area contributed by atoms with Crippen LogP contribution in [0.15, 0.2) is 4.90 Å². The minimum atomic E-state index is -3.36. The topological polar surface area (TPSA) is 88.3 Å². The van der Waals surface area contributed by atoms with Crippen molar-refractivity contribution in [2.24, 2.45) is 0 Å². The molecule has 0 spiro atoms. The molecule has 0 saturated heterocycles. The molecule has 0 aromatic carbocycles. The van der Waals surface area contributed by atoms with Crippen molar-refractivity contribution in [2.75, 3.05) is 37.4 Å². The van der Waals surface area contributed by atoms with Crippen LogP contribution in [0, 0.1) is 0 Å². The van der Waals surface area contributed by atoms with E-state index in [1.54, 1.807) is 6.92 Å². The van der Waals surface area contributed by atoms with Crippen LogP contribution in [0.5, 0.6) is 0 Å². The van der Waals surface area contributed by atoms with Crippen LogP contribution in [0.2, 0.25) is 0 Å². The molecule has 0 atom stereocenters. The summed E-state index contributed by atoms with van der Waals surface area (Å²) < 4.78 is 27.9. The van der Waals surface area contributed by atoms with E-state index < -0.39 is 9.84 Å². The van der Waals surface area contributed by atoms with Gasteiger partial charge >= 0.3 is 0 Å². The van der Waals surface area contributed by atoms with Crippen LogP contribution in [0.4, 0.5) is 10.8 Å². The second kappa shape index (κ2) is 5.64. The van der Waals surface area contributed by atoms with Gasteiger partial charge in [-0.05, 0) is 39.5 Å². The van der Waals surface area contributed by atoms with Crippen molar-refractivity contribution in [3.8, 4) is 0 Å². The second-order valence-corrected chi connectivity index (χ2v) is 8.18. The quantitative estimate of drug-likeness (QED) is 0.823. The lowest BCUT2D eigenvalue weighted by molar-refractivity contribution is 0.210. The fourth-order valence-electron chi connectivity index (χ4n) is 1.31. The number of nitrogens with two attached hydrogens (primary N) is 1. The van der Waals surface area contributed by atoms with Crippen LogP contribution in [0.1, 0.15) is 20.8 Å². The van der Waals surface area contributed by atoms with Gasteiger partial charge in [0.1, 0.15) is 9.90 Å². The summed E-state index contributed by atoms with van der Waals surface area (Å²) in [6.45, 7) is 6.34. The van der Waals surface area contributed by atoms with Gasteiger partial charge < -0.3 is 16.0 Å². The number of hydrogen-bond acceptors (Lipinski definition) is 7. The van der Waals surface area contributed by atoms with Crippen LogP contribution in [-0.2, 0) is 9.84 Å². The Balaban J connectivity index is 2.99. The molecule has 0 radical (unpaired) electrons. The summed E-state index contributed by atoms with van der Waals surface area (Å²) in [7, 11) is 0.600. The highest BCUT2D eigenvalue weighted by atomic mass is 32.2. The molecule has 0 aliphatic carbocycles. The van der Waals surface area contributed by atoms with Gasteiger partial charge in [-0.25, -0.2) is 8.42 Å². The lowest BCUT2D eigenvalue weighted by Crippen LogP contribution is -2.44. The van der Waals surface area contributed by atoms with Gasteiger partial charge in [0.2, 0.25) is 0 Å². The molecule has 6 nitrogen and oxygen atoms in total. The highest BCUT2D eigenvalue weighted by molar-refractivity contribution is 7.91. The molecular formula is C11H22N4O2S2. The van der Waals surface area contributed by atoms with E-state index in [1.807, 2.05) is 14.1 Å². The van der Waals surface area contributed by atoms with Crippen molar-refractivity contribution in [3.05, 3.63) is 0 Å². The SMILES string of the molecule is CCS(=O)(=O)c1c(N)nsc1NCC(C)(C)N(C)C. The maximum Gasteiger partial charge on any atom is 0.184 e. The van der Waals surface area contributed by atoms with Gasteiger partial charge in [-0.3, -0.25) is 0 Å². The molecule has 8 heteroatoms. The summed E-state index contributed by atoms with van der Waals surface area (Å²) in [6, 6.07) is 0. The van der Waals surface area contributed by atoms with Crippen LogP contribution >= 0.6 is 11.5 Å². The van der Waals surface area contributed by atoms with E-state index >= 15 is 0 Å². The van der Waals surface area contributed by atoms with Gasteiger partial charge in [-0.2, -0.15) is 4.37 Å². The summed E-state index contributed by atoms with van der Waals surface area (Å²) >= 11 is 1.09. The monoisotopic (exact) mass is 306 g/mol. The van der Waals surface area contributed by atoms with Crippen molar-refractivity contribution in [1.29, 1.82) is 0 Å². The molecule has 0 aliphatic heterocycles. The molecule has 0 amide bonds. The van der Waals surface area contributed by atoms with Gasteiger partial charge in [0.25, 0.3) is 0 Å². The standard InChI is InChI=1S/C11H22N4O2S2/c1-6-19(16,17)8-9(12)14-18-10(8)13-7-11(2,3)15(4)5/h13H,6-7H2,1-5H3,(H2,12,14). The number of likely N-dealkylation sites (N-methyl/N-ethyl adjacent to an activating group) is 1. The van der Waals surface area contributed by atoms with Crippen molar-refractivity contribution in [1.82, 2.24) is 9.27 Å². The lowest BCUT2D eigenvalue weighted by Gasteiger charge is -2.32. The molecule has 110 valence electrons. The number of aromatic nitrogens is 1. The van der Waals surface area contributed by atoms with Crippen molar-refractivity contribution in [3.63, 3.8) is 0 Å². The Labute approximate surface area is 119 Å². The van der Waals surface area contributed by atoms with Gasteiger partial charge in [0.05, 0.1) is 5.75 Å². The van der Waals surface area contributed by atoms with Crippen LogP contribution in [0.25, 0.3) is 0 Å². The second-order valence-electron chi connectivity index (χ2n) is 5.19. The molecule has 3 N–H and O–H groups in total. The Bertz CT molecular complexity index is 535. The maximum absolute atomic E-state index is 12.0. The number of sulfone groups is 1. The summed E-state index contributed by atoms with van der Waals surface area (Å²) in [5.41, 5.74) is 5.57. The van der Waals surface area contributed by atoms with E-state index in [0.29, 0.717) is 11.5 Å². The van der Waals surface area contributed by atoms with E-state index in [2.05, 4.69) is 28.4 Å². The first kappa shape index (κ1) is 16.2. The van der Waals surface area contributed by atoms with Crippen LogP contribution in [0.3, 0.4) is 0 Å². The first-order chi connectivity index (χ1) is 8.62. The lowest BCUT2D eigenvalue weighted by atomic mass is 10.0. The largest absolute Gasteiger partial charge is 0.382 e. The van der Waals surface area contributed by atoms with Crippen molar-refractivity contribution >= 4 is 32.2 Å². The van der Waals surface area contributed by atoms with Crippen LogP contribution < -0.4 is 11.1 Å². The normalized spacial score (nSPS) is 12.9. The van der Waals surface area contributed by atoms with Gasteiger partial charge in [-0.15, -0.1) is 0 Å². The number of nitrogens with zero attached hydrogens (tertiary/aromatic N) is 2. The van der Waals surface area contributed by atoms with Crippen molar-refractivity contribution in [2.45, 2.75) is 31.2 Å². The first-order valence-corrected chi connectivity index (χ1v) is 8.43. The molecule has 1 heterocycles. The molecule has 1 aromatic rings. The summed E-state index contributed by atoms with van der Waals surface area (Å²) in [4.78, 5) is 2.20. The molecule has 0 aliphatic rings. The number of nitrogens with one attached hydrogen (secondary N) is 1. The van der Waals surface area contributed by atoms with Crippen molar-refractivity contribution < 1.29 is 8.42 Å². The summed E-state index contributed by atoms with van der Waals surface area (Å²) in [6.07, 6.45) is 0. The van der Waals surface area contributed by atoms with E-state index in [-0.39, 0.29) is 22.0 Å². The zero-order chi connectivity index (χ0) is 14.8. The van der Waals surface area contributed by atoms with E-state index in [4.69, 9.17) is 5.73 Å². The zero-order valence-electron chi connectivity index (χ0n) is 12.0. The average molecular weight is 306 g/mol. The minimum Gasteiger partial charge on any atom is -0.382 e. The van der Waals surface area contributed by atoms with E-state index in [0.717, 1.165) is 11.5 Å². The fraction of sp³-hybridized carbons (Fsp3) is 0.727. The highest BCUT2D eigenvalue weighted by Crippen LogP contribution is 2.32. The van der Waals surface area contributed by atoms with Gasteiger partial charge in [-0.1, -0.05) is 6.92 Å². The smallest absolute Gasteiger partial charge is 0.184 e. The summed E-state index contributed by atoms with van der Waals surface area (Å²) in [5.74, 6) is 0.0958. The van der Waals surface area contributed by atoms with E-state index in [9.17, 15) is 8.42 Å². The highest BCUT2D eigenvalue weighted by Gasteiger charge is 2.26. The number of rotatable bonds is 6. The predicted molar refractivity (Wildman–Crippen MR) is 80.5 cm³/mol. The Morgan fingerprint density at radius 3 is 2.47 bits per heavy atom. The Morgan fingerprint density at radius 1 is 1.42 bits per heavy atom. The predicted octanol–water partition coefficient (Wildman–Crippen LogP) is 1.27. The Morgan fingerprint density at radius 2 is 2.00 bits per heavy atom. The third-order valence-electron chi connectivity index (χ3n) is 3.26. The molecule has 0 bridgehead atoms. The summed E-state index contributed by atoms with van der Waals surface area (Å²) in [5, 5.41) is 3.67. The first-order valence-electron chi connectivity index (χ1n) is 6.01. The molecule has 0 saturated carbocycles. The average Bonchev–Trinajstić information content (AvgIpc) is 2.68. The molecular weight excluding hydrogens is 284 g/mol. The molecule has 1 rings (SSSR count). The molecule has 0 unspecified atom stereocenters. The Hall–Kier alpha value is -0.860. The molecule has 19 heavy (non-hydrogen) atoms. The Kier molecular flexibility index (Phi) is 4.81. The van der Waals surface area contributed by atoms with Gasteiger partial charge in [0.15, 0.2) is 15.7 Å². The third-order valence-corrected chi connectivity index (χ3v) is 6.00. The molecule has 1 aromatic heterocycles. The van der Waals surface area contributed by atoms with Crippen LogP contribution in [-0.4, -0.2) is 49.6 Å². The number of anilines is 2. The molecule has 0 fully saturated rings. The zero-order valence-corrected chi connectivity index (χ0v) is 13.7. The number of hydrogen-bond donors (Lipinski definition) is 2. The third kappa shape index (κ3) is 3.58. The van der Waals surface area contributed by atoms with E-state index in [1.165, 1.54) is 0 Å².